The maximum Gasteiger partial charge on any atom is 0.214 e. The lowest BCUT2D eigenvalue weighted by molar-refractivity contribution is -0.789. The Hall–Kier alpha value is -2.42. The highest BCUT2D eigenvalue weighted by Gasteiger charge is 2.22. The van der Waals surface area contributed by atoms with Gasteiger partial charge in [0.2, 0.25) is 5.69 Å². The van der Waals surface area contributed by atoms with Crippen LogP contribution in [0.15, 0.2) is 48.8 Å². The van der Waals surface area contributed by atoms with Crippen molar-refractivity contribution in [2.45, 2.75) is 40.7 Å². The summed E-state index contributed by atoms with van der Waals surface area (Å²) in [6.45, 7) is 11.0. The number of nitrogens with zero attached hydrogens (tertiary/aromatic N) is 3. The van der Waals surface area contributed by atoms with E-state index in [1.54, 1.807) is 0 Å². The average Bonchev–Trinajstić information content (AvgIpc) is 2.92. The Bertz CT molecular complexity index is 888. The molecule has 2 aromatic heterocycles. The van der Waals surface area contributed by atoms with Gasteiger partial charge in [0.15, 0.2) is 24.1 Å². The van der Waals surface area contributed by atoms with Crippen LogP contribution in [0, 0.1) is 20.8 Å². The second-order valence-electron chi connectivity index (χ2n) is 6.87. The van der Waals surface area contributed by atoms with Crippen molar-refractivity contribution in [3.63, 3.8) is 0 Å². The molecule has 124 valence electrons. The van der Waals surface area contributed by atoms with Crippen molar-refractivity contribution in [1.82, 2.24) is 4.68 Å². The van der Waals surface area contributed by atoms with Gasteiger partial charge in [-0.2, -0.15) is 9.25 Å². The SMILES string of the molecule is Cc1cc(-c2cc[n+](C(C)C)n2C)c(C)c(-[n+]2ccccc2C)c1. The molecule has 3 aromatic rings. The Morgan fingerprint density at radius 1 is 0.958 bits per heavy atom. The number of hydrogen-bond acceptors (Lipinski definition) is 0. The van der Waals surface area contributed by atoms with Gasteiger partial charge < -0.3 is 0 Å². The van der Waals surface area contributed by atoms with E-state index in [1.165, 1.54) is 33.8 Å². The van der Waals surface area contributed by atoms with Crippen LogP contribution >= 0.6 is 0 Å². The van der Waals surface area contributed by atoms with E-state index in [0.29, 0.717) is 6.04 Å². The van der Waals surface area contributed by atoms with Gasteiger partial charge in [0, 0.05) is 42.3 Å². The van der Waals surface area contributed by atoms with Crippen molar-refractivity contribution >= 4 is 0 Å². The second-order valence-corrected chi connectivity index (χ2v) is 6.87. The Labute approximate surface area is 144 Å². The monoisotopic (exact) mass is 321 g/mol. The summed E-state index contributed by atoms with van der Waals surface area (Å²) in [7, 11) is 2.14. The molecule has 3 heteroatoms. The van der Waals surface area contributed by atoms with Crippen LogP contribution in [0.3, 0.4) is 0 Å². The molecular weight excluding hydrogens is 294 g/mol. The molecule has 0 radical (unpaired) electrons. The standard InChI is InChI=1S/C21H27N3/c1-15(2)24-12-10-20(22(24)6)19-13-16(3)14-21(18(19)5)23-11-8-7-9-17(23)4/h7-15H,1-6H3/q+2. The van der Waals surface area contributed by atoms with E-state index in [-0.39, 0.29) is 0 Å². The van der Waals surface area contributed by atoms with Crippen LogP contribution in [-0.2, 0) is 7.05 Å². The zero-order chi connectivity index (χ0) is 17.4. The highest BCUT2D eigenvalue weighted by molar-refractivity contribution is 5.67. The van der Waals surface area contributed by atoms with Crippen molar-refractivity contribution < 1.29 is 9.25 Å². The molecule has 0 unspecified atom stereocenters. The molecule has 0 aliphatic heterocycles. The van der Waals surface area contributed by atoms with E-state index in [9.17, 15) is 0 Å². The lowest BCUT2D eigenvalue weighted by Gasteiger charge is -2.11. The summed E-state index contributed by atoms with van der Waals surface area (Å²) in [5.74, 6) is 0. The van der Waals surface area contributed by atoms with E-state index in [0.717, 1.165) is 0 Å². The summed E-state index contributed by atoms with van der Waals surface area (Å²) in [5, 5.41) is 0. The molecule has 0 N–H and O–H groups in total. The predicted octanol–water partition coefficient (Wildman–Crippen LogP) is 3.76. The van der Waals surface area contributed by atoms with Crippen molar-refractivity contribution in [2.24, 2.45) is 7.05 Å². The van der Waals surface area contributed by atoms with Crippen LogP contribution in [0.2, 0.25) is 0 Å². The molecule has 3 rings (SSSR count). The third-order valence-electron chi connectivity index (χ3n) is 4.73. The summed E-state index contributed by atoms with van der Waals surface area (Å²) < 4.78 is 6.78. The first-order valence-electron chi connectivity index (χ1n) is 8.56. The third kappa shape index (κ3) is 2.75. The fourth-order valence-corrected chi connectivity index (χ4v) is 3.42. The lowest BCUT2D eigenvalue weighted by Crippen LogP contribution is -2.43. The van der Waals surface area contributed by atoms with Crippen LogP contribution in [0.1, 0.15) is 36.7 Å². The van der Waals surface area contributed by atoms with Gasteiger partial charge in [0.05, 0.1) is 7.05 Å². The molecular formula is C21H27N3+2. The fourth-order valence-electron chi connectivity index (χ4n) is 3.42. The first kappa shape index (κ1) is 16.4. The van der Waals surface area contributed by atoms with Gasteiger partial charge in [0.25, 0.3) is 0 Å². The summed E-state index contributed by atoms with van der Waals surface area (Å²) in [5.41, 5.74) is 7.61. The number of hydrogen-bond donors (Lipinski definition) is 0. The van der Waals surface area contributed by atoms with E-state index < -0.39 is 0 Å². The molecule has 0 spiro atoms. The van der Waals surface area contributed by atoms with Crippen molar-refractivity contribution in [3.8, 4) is 16.9 Å². The molecule has 0 atom stereocenters. The normalized spacial score (nSPS) is 11.3. The molecule has 0 saturated carbocycles. The Balaban J connectivity index is 2.23. The molecule has 0 amide bonds. The number of aryl methyl sites for hydroxylation is 2. The summed E-state index contributed by atoms with van der Waals surface area (Å²) in [4.78, 5) is 0. The van der Waals surface area contributed by atoms with Crippen LogP contribution in [0.5, 0.6) is 0 Å². The maximum absolute atomic E-state index is 2.29. The topological polar surface area (TPSA) is 12.7 Å². The van der Waals surface area contributed by atoms with Gasteiger partial charge in [0.1, 0.15) is 5.69 Å². The highest BCUT2D eigenvalue weighted by atomic mass is 15.4. The van der Waals surface area contributed by atoms with E-state index in [1.807, 2.05) is 0 Å². The largest absolute Gasteiger partial charge is 0.214 e. The van der Waals surface area contributed by atoms with E-state index in [2.05, 4.69) is 104 Å². The first-order chi connectivity index (χ1) is 11.4. The average molecular weight is 321 g/mol. The zero-order valence-electron chi connectivity index (χ0n) is 15.5. The van der Waals surface area contributed by atoms with Gasteiger partial charge in [-0.25, -0.2) is 0 Å². The minimum absolute atomic E-state index is 0.444. The van der Waals surface area contributed by atoms with E-state index >= 15 is 0 Å². The van der Waals surface area contributed by atoms with Crippen LogP contribution in [0.25, 0.3) is 16.9 Å². The van der Waals surface area contributed by atoms with Gasteiger partial charge in [-0.15, -0.1) is 4.68 Å². The number of pyridine rings is 1. The van der Waals surface area contributed by atoms with Gasteiger partial charge in [-0.3, -0.25) is 0 Å². The molecule has 0 aliphatic carbocycles. The van der Waals surface area contributed by atoms with Crippen LogP contribution < -0.4 is 9.25 Å². The lowest BCUT2D eigenvalue weighted by atomic mass is 10.00. The Morgan fingerprint density at radius 2 is 1.71 bits per heavy atom. The number of benzene rings is 1. The molecule has 0 bridgehead atoms. The molecule has 0 aliphatic rings. The maximum atomic E-state index is 2.29. The third-order valence-corrected chi connectivity index (χ3v) is 4.73. The molecule has 3 nitrogen and oxygen atoms in total. The van der Waals surface area contributed by atoms with Crippen LogP contribution in [-0.4, -0.2) is 4.68 Å². The van der Waals surface area contributed by atoms with Gasteiger partial charge >= 0.3 is 0 Å². The van der Waals surface area contributed by atoms with Crippen LogP contribution in [0.4, 0.5) is 0 Å². The summed E-state index contributed by atoms with van der Waals surface area (Å²) >= 11 is 0. The smallest absolute Gasteiger partial charge is 0.164 e. The van der Waals surface area contributed by atoms with Gasteiger partial charge in [-0.1, -0.05) is 6.07 Å². The second kappa shape index (κ2) is 6.23. The first-order valence-corrected chi connectivity index (χ1v) is 8.56. The molecule has 0 fully saturated rings. The van der Waals surface area contributed by atoms with E-state index in [4.69, 9.17) is 0 Å². The Morgan fingerprint density at radius 3 is 2.33 bits per heavy atom. The molecule has 24 heavy (non-hydrogen) atoms. The molecule has 2 heterocycles. The predicted molar refractivity (Wildman–Crippen MR) is 97.2 cm³/mol. The zero-order valence-corrected chi connectivity index (χ0v) is 15.5. The number of rotatable bonds is 3. The van der Waals surface area contributed by atoms with Gasteiger partial charge in [-0.05, 0) is 39.3 Å². The minimum Gasteiger partial charge on any atom is -0.164 e. The highest BCUT2D eigenvalue weighted by Crippen LogP contribution is 2.27. The molecule has 0 saturated heterocycles. The van der Waals surface area contributed by atoms with Crippen molar-refractivity contribution in [1.29, 1.82) is 0 Å². The number of aromatic nitrogens is 3. The summed E-state index contributed by atoms with van der Waals surface area (Å²) in [6, 6.07) is 13.5. The van der Waals surface area contributed by atoms with Crippen molar-refractivity contribution in [2.75, 3.05) is 0 Å². The quantitative estimate of drug-likeness (QED) is 0.652. The summed E-state index contributed by atoms with van der Waals surface area (Å²) in [6.07, 6.45) is 4.31. The Kier molecular flexibility index (Phi) is 4.27. The molecule has 1 aromatic carbocycles. The fraction of sp³-hybridized carbons (Fsp3) is 0.333. The van der Waals surface area contributed by atoms with Crippen molar-refractivity contribution in [3.05, 3.63) is 65.6 Å². The minimum atomic E-state index is 0.444.